The molecule has 0 bridgehead atoms. The predicted molar refractivity (Wildman–Crippen MR) is 127 cm³/mol. The molecule has 8 heteroatoms. The highest BCUT2D eigenvalue weighted by atomic mass is 16.6. The van der Waals surface area contributed by atoms with Crippen molar-refractivity contribution in [3.8, 4) is 11.5 Å². The topological polar surface area (TPSA) is 92.2 Å². The highest BCUT2D eigenvalue weighted by Gasteiger charge is 2.47. The van der Waals surface area contributed by atoms with Gasteiger partial charge < -0.3 is 19.5 Å². The van der Waals surface area contributed by atoms with Crippen molar-refractivity contribution in [2.75, 3.05) is 37.1 Å². The fraction of sp³-hybridized carbons (Fsp3) is 0.192. The molecule has 1 fully saturated rings. The first kappa shape index (κ1) is 21.5. The van der Waals surface area contributed by atoms with Gasteiger partial charge in [-0.1, -0.05) is 12.1 Å². The van der Waals surface area contributed by atoms with E-state index in [1.165, 1.54) is 17.3 Å². The van der Waals surface area contributed by atoms with Crippen LogP contribution >= 0.6 is 0 Å². The molecule has 0 aliphatic carbocycles. The number of fused-ring (bicyclic) bond motifs is 1. The van der Waals surface area contributed by atoms with Crippen LogP contribution in [-0.4, -0.2) is 49.1 Å². The Hall–Kier alpha value is -4.33. The third kappa shape index (κ3) is 3.63. The molecule has 8 nitrogen and oxygen atoms in total. The number of hydrogen-bond donors (Lipinski definition) is 1. The standard InChI is InChI=1S/C26H23N3O5/c1-28(2)18-5-3-16(4-6-18)23-22(24(30)17-9-11-27-12-10-17)25(31)26(32)29(23)19-7-8-20-21(15-19)34-14-13-33-20/h3-12,15,23,30H,13-14H2,1-2H3/b24-22+. The highest BCUT2D eigenvalue weighted by Crippen LogP contribution is 2.44. The molecule has 5 rings (SSSR count). The van der Waals surface area contributed by atoms with Gasteiger partial charge >= 0.3 is 0 Å². The molecule has 3 aromatic rings. The Morgan fingerprint density at radius 1 is 0.971 bits per heavy atom. The number of hydrogen-bond acceptors (Lipinski definition) is 7. The van der Waals surface area contributed by atoms with Gasteiger partial charge in [-0.05, 0) is 42.0 Å². The molecule has 2 aliphatic heterocycles. The average molecular weight is 457 g/mol. The Bertz CT molecular complexity index is 1290. The third-order valence-electron chi connectivity index (χ3n) is 5.93. The van der Waals surface area contributed by atoms with Gasteiger partial charge in [0, 0.05) is 49.5 Å². The first-order valence-corrected chi connectivity index (χ1v) is 10.8. The van der Waals surface area contributed by atoms with Crippen LogP contribution in [0.5, 0.6) is 11.5 Å². The van der Waals surface area contributed by atoms with Crippen molar-refractivity contribution >= 4 is 28.8 Å². The number of carbonyl (C=O) groups excluding carboxylic acids is 2. The number of rotatable bonds is 4. The van der Waals surface area contributed by atoms with Crippen molar-refractivity contribution in [2.45, 2.75) is 6.04 Å². The van der Waals surface area contributed by atoms with E-state index in [2.05, 4.69) is 4.98 Å². The van der Waals surface area contributed by atoms with Crippen molar-refractivity contribution in [3.63, 3.8) is 0 Å². The zero-order valence-corrected chi connectivity index (χ0v) is 18.8. The van der Waals surface area contributed by atoms with Crippen molar-refractivity contribution in [3.05, 3.63) is 83.7 Å². The molecule has 1 amide bonds. The Kier molecular flexibility index (Phi) is 5.41. The van der Waals surface area contributed by atoms with Gasteiger partial charge in [-0.2, -0.15) is 0 Å². The maximum absolute atomic E-state index is 13.3. The third-order valence-corrected chi connectivity index (χ3v) is 5.93. The molecular formula is C26H23N3O5. The number of ether oxygens (including phenoxy) is 2. The van der Waals surface area contributed by atoms with E-state index in [0.717, 1.165) is 5.69 Å². The highest BCUT2D eigenvalue weighted by molar-refractivity contribution is 6.51. The Morgan fingerprint density at radius 2 is 1.65 bits per heavy atom. The van der Waals surface area contributed by atoms with Gasteiger partial charge in [-0.15, -0.1) is 0 Å². The van der Waals surface area contributed by atoms with Crippen LogP contribution in [0.4, 0.5) is 11.4 Å². The van der Waals surface area contributed by atoms with Gasteiger partial charge in [0.2, 0.25) is 0 Å². The Morgan fingerprint density at radius 3 is 2.32 bits per heavy atom. The van der Waals surface area contributed by atoms with Gasteiger partial charge in [0.1, 0.15) is 19.0 Å². The monoisotopic (exact) mass is 457 g/mol. The summed E-state index contributed by atoms with van der Waals surface area (Å²) in [5.41, 5.74) is 2.56. The molecule has 1 aromatic heterocycles. The SMILES string of the molecule is CN(C)c1ccc(C2/C(=C(\O)c3ccncc3)C(=O)C(=O)N2c2ccc3c(c2)OCCO3)cc1. The lowest BCUT2D eigenvalue weighted by Gasteiger charge is -2.27. The molecule has 1 saturated heterocycles. The Labute approximate surface area is 196 Å². The summed E-state index contributed by atoms with van der Waals surface area (Å²) in [4.78, 5) is 33.9. The maximum Gasteiger partial charge on any atom is 0.300 e. The second kappa shape index (κ2) is 8.55. The van der Waals surface area contributed by atoms with Crippen LogP contribution in [-0.2, 0) is 9.59 Å². The minimum absolute atomic E-state index is 0.0173. The summed E-state index contributed by atoms with van der Waals surface area (Å²) in [6.07, 6.45) is 3.04. The van der Waals surface area contributed by atoms with Crippen LogP contribution in [0.1, 0.15) is 17.2 Å². The smallest absolute Gasteiger partial charge is 0.300 e. The number of benzene rings is 2. The first-order chi connectivity index (χ1) is 16.5. The number of amides is 1. The lowest BCUT2D eigenvalue weighted by molar-refractivity contribution is -0.132. The van der Waals surface area contributed by atoms with Gasteiger partial charge in [-0.3, -0.25) is 19.5 Å². The summed E-state index contributed by atoms with van der Waals surface area (Å²) in [5, 5.41) is 11.1. The molecule has 172 valence electrons. The van der Waals surface area contributed by atoms with Crippen LogP contribution in [0.3, 0.4) is 0 Å². The molecule has 2 aliphatic rings. The molecule has 1 atom stereocenters. The average Bonchev–Trinajstić information content (AvgIpc) is 3.14. The van der Waals surface area contributed by atoms with Gasteiger partial charge in [0.05, 0.1) is 11.6 Å². The fourth-order valence-corrected chi connectivity index (χ4v) is 4.22. The molecule has 34 heavy (non-hydrogen) atoms. The molecule has 3 heterocycles. The lowest BCUT2D eigenvalue weighted by Crippen LogP contribution is -2.29. The molecule has 0 saturated carbocycles. The Balaban J connectivity index is 1.68. The van der Waals surface area contributed by atoms with Crippen LogP contribution in [0.2, 0.25) is 0 Å². The predicted octanol–water partition coefficient (Wildman–Crippen LogP) is 3.55. The summed E-state index contributed by atoms with van der Waals surface area (Å²) in [7, 11) is 3.86. The number of nitrogens with zero attached hydrogens (tertiary/aromatic N) is 3. The van der Waals surface area contributed by atoms with Crippen LogP contribution < -0.4 is 19.3 Å². The van der Waals surface area contributed by atoms with Crippen molar-refractivity contribution in [2.24, 2.45) is 0 Å². The van der Waals surface area contributed by atoms with Crippen molar-refractivity contribution in [1.82, 2.24) is 4.98 Å². The zero-order chi connectivity index (χ0) is 23.8. The second-order valence-electron chi connectivity index (χ2n) is 8.22. The van der Waals surface area contributed by atoms with Gasteiger partial charge in [-0.25, -0.2) is 0 Å². The quantitative estimate of drug-likeness (QED) is 0.364. The number of ketones is 1. The van der Waals surface area contributed by atoms with Gasteiger partial charge in [0.25, 0.3) is 11.7 Å². The number of pyridine rings is 1. The zero-order valence-electron chi connectivity index (χ0n) is 18.8. The summed E-state index contributed by atoms with van der Waals surface area (Å²) < 4.78 is 11.3. The molecule has 2 aromatic carbocycles. The number of aliphatic hydroxyl groups excluding tert-OH is 1. The molecular weight excluding hydrogens is 434 g/mol. The van der Waals surface area contributed by atoms with E-state index in [4.69, 9.17) is 9.47 Å². The van der Waals surface area contributed by atoms with Crippen molar-refractivity contribution < 1.29 is 24.2 Å². The van der Waals surface area contributed by atoms with E-state index >= 15 is 0 Å². The minimum Gasteiger partial charge on any atom is -0.507 e. The fourth-order valence-electron chi connectivity index (χ4n) is 4.22. The normalized spacial score (nSPS) is 18.8. The molecule has 0 radical (unpaired) electrons. The second-order valence-corrected chi connectivity index (χ2v) is 8.22. The van der Waals surface area contributed by atoms with E-state index in [0.29, 0.717) is 41.5 Å². The summed E-state index contributed by atoms with van der Waals surface area (Å²) >= 11 is 0. The van der Waals surface area contributed by atoms with E-state index < -0.39 is 17.7 Å². The van der Waals surface area contributed by atoms with E-state index in [-0.39, 0.29) is 11.3 Å². The van der Waals surface area contributed by atoms with Crippen LogP contribution in [0.15, 0.2) is 72.6 Å². The number of carbonyl (C=O) groups is 2. The van der Waals surface area contributed by atoms with E-state index in [9.17, 15) is 14.7 Å². The molecule has 0 spiro atoms. The number of aromatic nitrogens is 1. The van der Waals surface area contributed by atoms with E-state index in [1.54, 1.807) is 30.3 Å². The number of anilines is 2. The number of aliphatic hydroxyl groups is 1. The van der Waals surface area contributed by atoms with Crippen molar-refractivity contribution in [1.29, 1.82) is 0 Å². The summed E-state index contributed by atoms with van der Waals surface area (Å²) in [6.45, 7) is 0.841. The molecule has 1 unspecified atom stereocenters. The minimum atomic E-state index is -0.827. The number of Topliss-reactive ketones (excluding diaryl/α,β-unsaturated/α-hetero) is 1. The largest absolute Gasteiger partial charge is 0.507 e. The van der Waals surface area contributed by atoms with Crippen LogP contribution in [0.25, 0.3) is 5.76 Å². The summed E-state index contributed by atoms with van der Waals surface area (Å²) in [5.74, 6) is -0.654. The lowest BCUT2D eigenvalue weighted by atomic mass is 9.95. The van der Waals surface area contributed by atoms with Gasteiger partial charge in [0.15, 0.2) is 11.5 Å². The first-order valence-electron chi connectivity index (χ1n) is 10.8. The van der Waals surface area contributed by atoms with Crippen LogP contribution in [0, 0.1) is 0 Å². The van der Waals surface area contributed by atoms with E-state index in [1.807, 2.05) is 43.3 Å². The maximum atomic E-state index is 13.3. The molecule has 1 N–H and O–H groups in total. The summed E-state index contributed by atoms with van der Waals surface area (Å²) in [6, 6.07) is 15.0.